The Morgan fingerprint density at radius 2 is 1.06 bits per heavy atom. The summed E-state index contributed by atoms with van der Waals surface area (Å²) in [6, 6.07) is 35.8. The van der Waals surface area contributed by atoms with Gasteiger partial charge in [0, 0.05) is 58.6 Å². The molecule has 11 rings (SSSR count). The molecule has 4 nitrogen and oxygen atoms in total. The van der Waals surface area contributed by atoms with Gasteiger partial charge in [0.15, 0.2) is 17.5 Å². The van der Waals surface area contributed by atoms with Crippen LogP contribution in [0.1, 0.15) is 12.3 Å². The Labute approximate surface area is 327 Å². The Bertz CT molecular complexity index is 3730. The molecular weight excluding hydrogens is 679 g/mol. The van der Waals surface area contributed by atoms with Crippen molar-refractivity contribution in [3.63, 3.8) is 0 Å². The zero-order valence-electron chi connectivity index (χ0n) is 37.2. The molecular formula is C49H29N3OS. The zero-order valence-corrected chi connectivity index (χ0v) is 29.0. The van der Waals surface area contributed by atoms with Crippen molar-refractivity contribution in [2.45, 2.75) is 0 Å². The maximum atomic E-state index is 9.03. The van der Waals surface area contributed by atoms with E-state index >= 15 is 0 Å². The van der Waals surface area contributed by atoms with Gasteiger partial charge in [0.05, 0.1) is 12.3 Å². The number of fused-ring (bicyclic) bond motifs is 8. The predicted octanol–water partition coefficient (Wildman–Crippen LogP) is 13.6. The molecule has 0 saturated heterocycles. The van der Waals surface area contributed by atoms with Crippen LogP contribution in [0, 0.1) is 0 Å². The molecule has 3 aromatic heterocycles. The smallest absolute Gasteiger partial charge is 0.164 e. The molecule has 11 aromatic rings. The molecule has 0 atom stereocenters. The molecule has 252 valence electrons. The molecule has 0 saturated carbocycles. The van der Waals surface area contributed by atoms with Crippen LogP contribution in [0.5, 0.6) is 0 Å². The second-order valence-corrected chi connectivity index (χ2v) is 14.0. The van der Waals surface area contributed by atoms with Crippen molar-refractivity contribution < 1.29 is 16.8 Å². The molecule has 0 unspecified atom stereocenters. The van der Waals surface area contributed by atoms with Gasteiger partial charge in [-0.2, -0.15) is 0 Å². The number of rotatable bonds is 5. The van der Waals surface area contributed by atoms with E-state index in [2.05, 4.69) is 42.5 Å². The molecule has 5 heteroatoms. The summed E-state index contributed by atoms with van der Waals surface area (Å²) < 4.78 is 86.8. The zero-order chi connectivity index (χ0) is 43.4. The highest BCUT2D eigenvalue weighted by molar-refractivity contribution is 7.26. The van der Waals surface area contributed by atoms with Gasteiger partial charge in [-0.05, 0) is 40.3 Å². The van der Waals surface area contributed by atoms with Crippen molar-refractivity contribution in [1.82, 2.24) is 15.0 Å². The Kier molecular flexibility index (Phi) is 5.22. The second-order valence-electron chi connectivity index (χ2n) is 12.9. The molecule has 0 radical (unpaired) electrons. The monoisotopic (exact) mass is 716 g/mol. The van der Waals surface area contributed by atoms with Gasteiger partial charge in [0.25, 0.3) is 0 Å². The third kappa shape index (κ3) is 5.01. The number of hydrogen-bond acceptors (Lipinski definition) is 5. The summed E-state index contributed by atoms with van der Waals surface area (Å²) in [6.45, 7) is 0. The highest BCUT2D eigenvalue weighted by Crippen LogP contribution is 2.42. The Balaban J connectivity index is 1.06. The van der Waals surface area contributed by atoms with Gasteiger partial charge in [-0.25, -0.2) is 15.0 Å². The van der Waals surface area contributed by atoms with Crippen LogP contribution in [-0.4, -0.2) is 15.0 Å². The van der Waals surface area contributed by atoms with Gasteiger partial charge in [0.2, 0.25) is 0 Å². The van der Waals surface area contributed by atoms with Crippen molar-refractivity contribution in [3.05, 3.63) is 176 Å². The maximum absolute atomic E-state index is 9.03. The summed E-state index contributed by atoms with van der Waals surface area (Å²) >= 11 is 1.72. The number of thiophene rings is 1. The third-order valence-corrected chi connectivity index (χ3v) is 10.8. The molecule has 0 fully saturated rings. The van der Waals surface area contributed by atoms with Crippen LogP contribution in [0.2, 0.25) is 0 Å². The molecule has 8 aromatic carbocycles. The van der Waals surface area contributed by atoms with E-state index in [1.807, 2.05) is 54.6 Å². The Morgan fingerprint density at radius 1 is 0.426 bits per heavy atom. The quantitative estimate of drug-likeness (QED) is 0.178. The summed E-state index contributed by atoms with van der Waals surface area (Å²) in [7, 11) is 0. The van der Waals surface area contributed by atoms with Gasteiger partial charge in [-0.3, -0.25) is 0 Å². The van der Waals surface area contributed by atoms with Crippen molar-refractivity contribution >= 4 is 64.2 Å². The largest absolute Gasteiger partial charge is 0.455 e. The van der Waals surface area contributed by atoms with E-state index in [1.165, 1.54) is 15.6 Å². The van der Waals surface area contributed by atoms with E-state index in [0.29, 0.717) is 28.6 Å². The lowest BCUT2D eigenvalue weighted by atomic mass is 9.99. The normalized spacial score (nSPS) is 14.0. The minimum Gasteiger partial charge on any atom is -0.455 e. The van der Waals surface area contributed by atoms with E-state index in [4.69, 9.17) is 31.7 Å². The first-order valence-electron chi connectivity index (χ1n) is 21.8. The predicted molar refractivity (Wildman–Crippen MR) is 225 cm³/mol. The van der Waals surface area contributed by atoms with Crippen molar-refractivity contribution in [2.24, 2.45) is 0 Å². The lowest BCUT2D eigenvalue weighted by Gasteiger charge is -2.09. The van der Waals surface area contributed by atoms with Crippen molar-refractivity contribution in [3.8, 4) is 56.4 Å². The van der Waals surface area contributed by atoms with Crippen LogP contribution in [0.4, 0.5) is 0 Å². The lowest BCUT2D eigenvalue weighted by molar-refractivity contribution is 0.674. The van der Waals surface area contributed by atoms with Crippen LogP contribution < -0.4 is 0 Å². The summed E-state index contributed by atoms with van der Waals surface area (Å²) in [5, 5.41) is 2.05. The second kappa shape index (κ2) is 12.3. The molecule has 0 amide bonds. The topological polar surface area (TPSA) is 51.8 Å². The van der Waals surface area contributed by atoms with Gasteiger partial charge in [-0.15, -0.1) is 11.3 Å². The minimum atomic E-state index is -0.546. The van der Waals surface area contributed by atoms with Gasteiger partial charge in [-0.1, -0.05) is 158 Å². The number of aromatic nitrogens is 3. The third-order valence-electron chi connectivity index (χ3n) is 9.68. The first kappa shape index (κ1) is 22.9. The van der Waals surface area contributed by atoms with Gasteiger partial charge >= 0.3 is 0 Å². The maximum Gasteiger partial charge on any atom is 0.164 e. The van der Waals surface area contributed by atoms with E-state index in [1.54, 1.807) is 35.6 Å². The fraction of sp³-hybridized carbons (Fsp3) is 0. The fourth-order valence-corrected chi connectivity index (χ4v) is 8.27. The average molecular weight is 717 g/mol. The van der Waals surface area contributed by atoms with E-state index in [-0.39, 0.29) is 50.4 Å². The van der Waals surface area contributed by atoms with Crippen LogP contribution in [0.15, 0.2) is 180 Å². The molecule has 0 aliphatic rings. The number of furan rings is 1. The first-order valence-corrected chi connectivity index (χ1v) is 18.1. The number of nitrogens with zero attached hydrogens (tertiary/aromatic N) is 3. The van der Waals surface area contributed by atoms with Crippen LogP contribution in [0.25, 0.3) is 109 Å². The molecule has 0 spiro atoms. The number of benzene rings is 8. The van der Waals surface area contributed by atoms with Crippen molar-refractivity contribution in [2.75, 3.05) is 0 Å². The standard InChI is InChI=1S/C49H29N3OS/c1-3-11-30(12-4-1)36-17-10-20-42-44(36)41-28-26-35(29-43(41)54-42)49-51-47(33-14-5-2-6-15-33)50-48(52-49)34-23-21-32(22-24-34)38-18-9-19-39-40-27-25-31-13-7-8-16-37(31)46(40)53-45(38)39/h1-29H/i7D,8D,9D,13D,16D,18D,19D,25D,27D. The molecule has 3 heterocycles. The van der Waals surface area contributed by atoms with Crippen LogP contribution in [-0.2, 0) is 0 Å². The van der Waals surface area contributed by atoms with Gasteiger partial charge < -0.3 is 4.42 Å². The lowest BCUT2D eigenvalue weighted by Crippen LogP contribution is -2.00. The van der Waals surface area contributed by atoms with Crippen LogP contribution in [0.3, 0.4) is 0 Å². The van der Waals surface area contributed by atoms with Crippen LogP contribution >= 0.6 is 11.3 Å². The van der Waals surface area contributed by atoms with E-state index < -0.39 is 42.3 Å². The molecule has 54 heavy (non-hydrogen) atoms. The average Bonchev–Trinajstić information content (AvgIpc) is 3.90. The SMILES string of the molecule is [2H]c1c([2H])c([2H])c2c(oc3c4c([2H])c([2H])c([2H])c([2H])c4c([2H])c([2H])c32)c1-c1ccc(-c2nc(-c3ccccc3)nc(-c3ccc4c(c3)sc3cccc(-c5ccccc5)c34)n2)cc1. The number of hydrogen-bond donors (Lipinski definition) is 0. The first-order chi connectivity index (χ1) is 30.5. The molecule has 0 bridgehead atoms. The highest BCUT2D eigenvalue weighted by Gasteiger charge is 2.17. The fourth-order valence-electron chi connectivity index (χ4n) is 7.10. The Morgan fingerprint density at radius 3 is 1.85 bits per heavy atom. The minimum absolute atomic E-state index is 0.00195. The summed E-state index contributed by atoms with van der Waals surface area (Å²) in [5.41, 5.74) is 5.08. The highest BCUT2D eigenvalue weighted by atomic mass is 32.1. The number of para-hydroxylation sites is 1. The summed E-state index contributed by atoms with van der Waals surface area (Å²) in [5.74, 6) is 1.37. The van der Waals surface area contributed by atoms with E-state index in [9.17, 15) is 0 Å². The van der Waals surface area contributed by atoms with Gasteiger partial charge in [0.1, 0.15) is 11.2 Å². The van der Waals surface area contributed by atoms with E-state index in [0.717, 1.165) is 26.8 Å². The van der Waals surface area contributed by atoms with Crippen molar-refractivity contribution in [1.29, 1.82) is 0 Å². The Hall–Kier alpha value is -6.95. The summed E-state index contributed by atoms with van der Waals surface area (Å²) in [4.78, 5) is 14.9. The molecule has 0 aliphatic heterocycles. The molecule has 0 aliphatic carbocycles. The summed E-state index contributed by atoms with van der Waals surface area (Å²) in [6.07, 6.45) is 0. The molecule has 0 N–H and O–H groups in total.